The number of methoxy groups -OCH3 is 1. The molecule has 5 rings (SSSR count). The van der Waals surface area contributed by atoms with Gasteiger partial charge in [-0.25, -0.2) is 14.4 Å². The van der Waals surface area contributed by atoms with Gasteiger partial charge in [-0.1, -0.05) is 18.5 Å². The Kier molecular flexibility index (Phi) is 7.35. The molecule has 2 fully saturated rings. The summed E-state index contributed by atoms with van der Waals surface area (Å²) in [6.07, 6.45) is 5.46. The summed E-state index contributed by atoms with van der Waals surface area (Å²) in [6, 6.07) is 8.08. The number of aromatic nitrogens is 2. The molecular formula is C27H30ClFN4O4. The molecule has 1 unspecified atom stereocenters. The van der Waals surface area contributed by atoms with E-state index in [1.807, 2.05) is 12.1 Å². The monoisotopic (exact) mass is 528 g/mol. The summed E-state index contributed by atoms with van der Waals surface area (Å²) in [5, 5.41) is 3.93. The van der Waals surface area contributed by atoms with E-state index in [9.17, 15) is 9.18 Å². The molecule has 8 nitrogen and oxygen atoms in total. The van der Waals surface area contributed by atoms with Gasteiger partial charge in [0.05, 0.1) is 30.7 Å². The normalized spacial score (nSPS) is 18.4. The standard InChI is InChI=1S/C27H30ClFN4O4/c1-3-24(33-9-6-27(7-10-33)8-11-36-25(34)15-27)37-23-14-21-18(13-22(23)35-2)26(31-16-30-21)32-17-4-5-20(29)19(28)12-17/h4-5,12-14,16,24H,3,6-11,15H2,1-2H3,(H,30,31,32). The second-order valence-electron chi connectivity index (χ2n) is 9.66. The first-order chi connectivity index (χ1) is 17.9. The number of carbonyl (C=O) groups excluding carboxylic acids is 1. The molecule has 1 aromatic heterocycles. The molecule has 37 heavy (non-hydrogen) atoms. The van der Waals surface area contributed by atoms with Crippen molar-refractivity contribution < 1.29 is 23.4 Å². The number of anilines is 2. The van der Waals surface area contributed by atoms with E-state index in [1.165, 1.54) is 18.5 Å². The molecule has 10 heteroatoms. The number of ether oxygens (including phenoxy) is 3. The Balaban J connectivity index is 1.35. The van der Waals surface area contributed by atoms with Crippen LogP contribution in [0.4, 0.5) is 15.9 Å². The predicted molar refractivity (Wildman–Crippen MR) is 139 cm³/mol. The Labute approximate surface area is 220 Å². The fraction of sp³-hybridized carbons (Fsp3) is 0.444. The number of piperidine rings is 1. The first kappa shape index (κ1) is 25.5. The lowest BCUT2D eigenvalue weighted by molar-refractivity contribution is -0.156. The Morgan fingerprint density at radius 2 is 2.00 bits per heavy atom. The van der Waals surface area contributed by atoms with E-state index in [0.29, 0.717) is 41.5 Å². The summed E-state index contributed by atoms with van der Waals surface area (Å²) in [7, 11) is 1.60. The number of likely N-dealkylation sites (tertiary alicyclic amines) is 1. The van der Waals surface area contributed by atoms with Crippen molar-refractivity contribution >= 4 is 40.0 Å². The molecule has 0 amide bonds. The Morgan fingerprint density at radius 1 is 1.19 bits per heavy atom. The Bertz CT molecular complexity index is 1300. The quantitative estimate of drug-likeness (QED) is 0.390. The third kappa shape index (κ3) is 5.43. The highest BCUT2D eigenvalue weighted by Crippen LogP contribution is 2.42. The van der Waals surface area contributed by atoms with Gasteiger partial charge >= 0.3 is 5.97 Å². The zero-order valence-electron chi connectivity index (χ0n) is 20.9. The zero-order chi connectivity index (χ0) is 26.0. The van der Waals surface area contributed by atoms with E-state index < -0.39 is 5.82 Å². The first-order valence-corrected chi connectivity index (χ1v) is 12.9. The van der Waals surface area contributed by atoms with Gasteiger partial charge in [-0.2, -0.15) is 0 Å². The minimum absolute atomic E-state index is 0.0225. The summed E-state index contributed by atoms with van der Waals surface area (Å²) in [4.78, 5) is 23.0. The van der Waals surface area contributed by atoms with Gasteiger partial charge in [0.25, 0.3) is 0 Å². The van der Waals surface area contributed by atoms with Crippen molar-refractivity contribution in [1.82, 2.24) is 14.9 Å². The maximum atomic E-state index is 13.6. The topological polar surface area (TPSA) is 85.8 Å². The van der Waals surface area contributed by atoms with Gasteiger partial charge in [0, 0.05) is 30.2 Å². The van der Waals surface area contributed by atoms with Crippen LogP contribution in [0.1, 0.15) is 39.0 Å². The molecule has 196 valence electrons. The number of hydrogen-bond donors (Lipinski definition) is 1. The van der Waals surface area contributed by atoms with Crippen molar-refractivity contribution in [3.05, 3.63) is 47.5 Å². The number of esters is 1. The van der Waals surface area contributed by atoms with Crippen molar-refractivity contribution in [1.29, 1.82) is 0 Å². The van der Waals surface area contributed by atoms with Crippen LogP contribution >= 0.6 is 11.6 Å². The summed E-state index contributed by atoms with van der Waals surface area (Å²) >= 11 is 5.93. The second kappa shape index (κ2) is 10.7. The van der Waals surface area contributed by atoms with E-state index >= 15 is 0 Å². The lowest BCUT2D eigenvalue weighted by Crippen LogP contribution is -2.49. The highest BCUT2D eigenvalue weighted by molar-refractivity contribution is 6.31. The minimum Gasteiger partial charge on any atom is -0.493 e. The fourth-order valence-corrected chi connectivity index (χ4v) is 5.41. The van der Waals surface area contributed by atoms with Crippen molar-refractivity contribution in [2.24, 2.45) is 5.41 Å². The van der Waals surface area contributed by atoms with Gasteiger partial charge in [0.1, 0.15) is 18.0 Å². The van der Waals surface area contributed by atoms with Gasteiger partial charge in [-0.3, -0.25) is 9.69 Å². The molecule has 3 aromatic rings. The molecule has 0 radical (unpaired) electrons. The van der Waals surface area contributed by atoms with Crippen molar-refractivity contribution in [2.75, 3.05) is 32.1 Å². The molecule has 2 aliphatic heterocycles. The van der Waals surface area contributed by atoms with E-state index in [-0.39, 0.29) is 22.6 Å². The van der Waals surface area contributed by atoms with Crippen LogP contribution in [0, 0.1) is 11.2 Å². The van der Waals surface area contributed by atoms with E-state index in [1.54, 1.807) is 13.2 Å². The Hall–Kier alpha value is -3.17. The fourth-order valence-electron chi connectivity index (χ4n) is 5.23. The summed E-state index contributed by atoms with van der Waals surface area (Å²) < 4.78 is 30.9. The van der Waals surface area contributed by atoms with Crippen LogP contribution in [0.25, 0.3) is 10.9 Å². The number of nitrogens with one attached hydrogen (secondary N) is 1. The molecule has 1 atom stereocenters. The van der Waals surface area contributed by atoms with Gasteiger partial charge in [0.2, 0.25) is 0 Å². The van der Waals surface area contributed by atoms with Gasteiger partial charge in [-0.15, -0.1) is 0 Å². The van der Waals surface area contributed by atoms with Crippen LogP contribution in [-0.2, 0) is 9.53 Å². The zero-order valence-corrected chi connectivity index (χ0v) is 21.7. The molecule has 3 heterocycles. The van der Waals surface area contributed by atoms with E-state index in [2.05, 4.69) is 27.1 Å². The largest absolute Gasteiger partial charge is 0.493 e. The lowest BCUT2D eigenvalue weighted by atomic mass is 9.72. The number of rotatable bonds is 7. The number of hydrogen-bond acceptors (Lipinski definition) is 8. The highest BCUT2D eigenvalue weighted by Gasteiger charge is 2.41. The van der Waals surface area contributed by atoms with Crippen molar-refractivity contribution in [2.45, 2.75) is 45.3 Å². The van der Waals surface area contributed by atoms with Crippen LogP contribution in [0.2, 0.25) is 5.02 Å². The number of nitrogens with zero attached hydrogens (tertiary/aromatic N) is 3. The first-order valence-electron chi connectivity index (χ1n) is 12.5. The molecule has 2 saturated heterocycles. The van der Waals surface area contributed by atoms with E-state index in [4.69, 9.17) is 25.8 Å². The van der Waals surface area contributed by atoms with Gasteiger partial charge < -0.3 is 19.5 Å². The predicted octanol–water partition coefficient (Wildman–Crippen LogP) is 5.71. The average molecular weight is 529 g/mol. The molecule has 1 spiro atoms. The van der Waals surface area contributed by atoms with Gasteiger partial charge in [0.15, 0.2) is 17.7 Å². The molecule has 1 N–H and O–H groups in total. The van der Waals surface area contributed by atoms with Crippen LogP contribution in [0.15, 0.2) is 36.7 Å². The lowest BCUT2D eigenvalue weighted by Gasteiger charge is -2.45. The molecule has 0 bridgehead atoms. The number of benzene rings is 2. The van der Waals surface area contributed by atoms with Crippen LogP contribution < -0.4 is 14.8 Å². The minimum atomic E-state index is -0.487. The van der Waals surface area contributed by atoms with Crippen LogP contribution in [0.5, 0.6) is 11.5 Å². The number of carbonyl (C=O) groups is 1. The SMILES string of the molecule is CCC(Oc1cc2ncnc(Nc3ccc(F)c(Cl)c3)c2cc1OC)N1CCC2(CCOC(=O)C2)CC1. The molecular weight excluding hydrogens is 499 g/mol. The third-order valence-corrected chi connectivity index (χ3v) is 7.69. The van der Waals surface area contributed by atoms with Crippen molar-refractivity contribution in [3.8, 4) is 11.5 Å². The van der Waals surface area contributed by atoms with Gasteiger partial charge in [-0.05, 0) is 55.4 Å². The molecule has 2 aliphatic rings. The average Bonchev–Trinajstić information content (AvgIpc) is 2.89. The van der Waals surface area contributed by atoms with E-state index in [0.717, 1.165) is 44.2 Å². The number of halogens is 2. The maximum Gasteiger partial charge on any atom is 0.306 e. The van der Waals surface area contributed by atoms with Crippen LogP contribution in [0.3, 0.4) is 0 Å². The number of cyclic esters (lactones) is 1. The Morgan fingerprint density at radius 3 is 2.70 bits per heavy atom. The third-order valence-electron chi connectivity index (χ3n) is 7.40. The molecule has 0 aliphatic carbocycles. The second-order valence-corrected chi connectivity index (χ2v) is 10.1. The maximum absolute atomic E-state index is 13.6. The summed E-state index contributed by atoms with van der Waals surface area (Å²) in [6.45, 7) is 4.34. The molecule has 2 aromatic carbocycles. The smallest absolute Gasteiger partial charge is 0.306 e. The highest BCUT2D eigenvalue weighted by atomic mass is 35.5. The molecule has 0 saturated carbocycles. The summed E-state index contributed by atoms with van der Waals surface area (Å²) in [5.74, 6) is 1.13. The number of fused-ring (bicyclic) bond motifs is 1. The summed E-state index contributed by atoms with van der Waals surface area (Å²) in [5.41, 5.74) is 1.33. The van der Waals surface area contributed by atoms with Crippen molar-refractivity contribution in [3.63, 3.8) is 0 Å². The van der Waals surface area contributed by atoms with Crippen LogP contribution in [-0.4, -0.2) is 53.9 Å².